The van der Waals surface area contributed by atoms with Gasteiger partial charge in [0.25, 0.3) is 0 Å². The van der Waals surface area contributed by atoms with Gasteiger partial charge in [0.1, 0.15) is 6.10 Å². The molecule has 0 bridgehead atoms. The molecule has 1 atom stereocenters. The van der Waals surface area contributed by atoms with Gasteiger partial charge in [0.2, 0.25) is 0 Å². The molecule has 248 valence electrons. The molecule has 0 aromatic carbocycles. The maximum absolute atomic E-state index is 12.6. The highest BCUT2D eigenvalue weighted by Gasteiger charge is 2.14. The van der Waals surface area contributed by atoms with Crippen LogP contribution >= 0.6 is 0 Å². The number of rotatable bonds is 34. The summed E-state index contributed by atoms with van der Waals surface area (Å²) in [6, 6.07) is 0. The second-order valence-corrected chi connectivity index (χ2v) is 12.8. The Hall–Kier alpha value is -1.32. The van der Waals surface area contributed by atoms with Gasteiger partial charge in [0.15, 0.2) is 0 Å². The van der Waals surface area contributed by atoms with Gasteiger partial charge in [-0.25, -0.2) is 0 Å². The van der Waals surface area contributed by atoms with Crippen LogP contribution in [0.25, 0.3) is 0 Å². The number of aliphatic carboxylic acids is 1. The number of hydrogen-bond donors (Lipinski definition) is 1. The summed E-state index contributed by atoms with van der Waals surface area (Å²) in [6.45, 7) is 4.54. The van der Waals surface area contributed by atoms with Crippen LogP contribution < -0.4 is 0 Å². The van der Waals surface area contributed by atoms with E-state index in [9.17, 15) is 9.59 Å². The average Bonchev–Trinajstić information content (AvgIpc) is 2.97. The first-order valence-electron chi connectivity index (χ1n) is 18.7. The molecule has 0 spiro atoms. The number of carbonyl (C=O) groups is 2. The van der Waals surface area contributed by atoms with Crippen LogP contribution in [0.2, 0.25) is 0 Å². The lowest BCUT2D eigenvalue weighted by atomic mass is 10.0. The zero-order valence-corrected chi connectivity index (χ0v) is 28.3. The van der Waals surface area contributed by atoms with E-state index in [1.54, 1.807) is 0 Å². The van der Waals surface area contributed by atoms with Crippen molar-refractivity contribution in [2.24, 2.45) is 0 Å². The van der Waals surface area contributed by atoms with E-state index in [1.807, 2.05) is 0 Å². The van der Waals surface area contributed by atoms with Crippen LogP contribution in [0, 0.1) is 0 Å². The maximum atomic E-state index is 12.6. The van der Waals surface area contributed by atoms with E-state index in [-0.39, 0.29) is 18.5 Å². The molecule has 42 heavy (non-hydrogen) atoms. The smallest absolute Gasteiger partial charge is 0.306 e. The Balaban J connectivity index is 3.99. The Bertz CT molecular complexity index is 600. The molecular formula is C38H72O4. The molecule has 0 heterocycles. The van der Waals surface area contributed by atoms with E-state index >= 15 is 0 Å². The van der Waals surface area contributed by atoms with Gasteiger partial charge in [-0.1, -0.05) is 148 Å². The molecule has 0 aliphatic heterocycles. The first-order valence-corrected chi connectivity index (χ1v) is 18.7. The zero-order chi connectivity index (χ0) is 30.8. The van der Waals surface area contributed by atoms with Gasteiger partial charge in [0.05, 0.1) is 0 Å². The highest BCUT2D eigenvalue weighted by Crippen LogP contribution is 2.19. The molecule has 0 saturated carbocycles. The molecule has 1 N–H and O–H groups in total. The normalized spacial score (nSPS) is 12.2. The van der Waals surface area contributed by atoms with Crippen LogP contribution in [0.4, 0.5) is 0 Å². The van der Waals surface area contributed by atoms with Crippen molar-refractivity contribution in [3.8, 4) is 0 Å². The molecule has 0 fully saturated rings. The fourth-order valence-electron chi connectivity index (χ4n) is 5.71. The molecule has 0 saturated heterocycles. The molecule has 0 aliphatic carbocycles. The van der Waals surface area contributed by atoms with Crippen LogP contribution in [0.15, 0.2) is 12.2 Å². The molecular weight excluding hydrogens is 520 g/mol. The van der Waals surface area contributed by atoms with Gasteiger partial charge in [-0.2, -0.15) is 0 Å². The second kappa shape index (κ2) is 34.2. The zero-order valence-electron chi connectivity index (χ0n) is 28.3. The number of ether oxygens (including phenoxy) is 1. The van der Waals surface area contributed by atoms with Crippen molar-refractivity contribution in [3.63, 3.8) is 0 Å². The summed E-state index contributed by atoms with van der Waals surface area (Å²) in [7, 11) is 0. The maximum Gasteiger partial charge on any atom is 0.306 e. The van der Waals surface area contributed by atoms with Gasteiger partial charge in [-0.15, -0.1) is 0 Å². The van der Waals surface area contributed by atoms with E-state index in [4.69, 9.17) is 9.84 Å². The van der Waals surface area contributed by atoms with Crippen LogP contribution in [0.3, 0.4) is 0 Å². The van der Waals surface area contributed by atoms with Gasteiger partial charge in [-0.3, -0.25) is 9.59 Å². The van der Waals surface area contributed by atoms with Gasteiger partial charge < -0.3 is 9.84 Å². The quantitative estimate of drug-likeness (QED) is 0.0458. The Labute approximate surface area is 262 Å². The van der Waals surface area contributed by atoms with Crippen molar-refractivity contribution >= 4 is 11.9 Å². The fraction of sp³-hybridized carbons (Fsp3) is 0.895. The van der Waals surface area contributed by atoms with E-state index in [1.165, 1.54) is 122 Å². The lowest BCUT2D eigenvalue weighted by Gasteiger charge is -2.18. The fourth-order valence-corrected chi connectivity index (χ4v) is 5.71. The Morgan fingerprint density at radius 1 is 0.500 bits per heavy atom. The summed E-state index contributed by atoms with van der Waals surface area (Å²) >= 11 is 0. The predicted molar refractivity (Wildman–Crippen MR) is 181 cm³/mol. The highest BCUT2D eigenvalue weighted by molar-refractivity contribution is 5.69. The number of hydrogen-bond acceptors (Lipinski definition) is 3. The average molecular weight is 593 g/mol. The van der Waals surface area contributed by atoms with E-state index in [0.717, 1.165) is 64.2 Å². The number of esters is 1. The summed E-state index contributed by atoms with van der Waals surface area (Å²) < 4.78 is 5.98. The highest BCUT2D eigenvalue weighted by atomic mass is 16.5. The Morgan fingerprint density at radius 3 is 1.29 bits per heavy atom. The van der Waals surface area contributed by atoms with Crippen molar-refractivity contribution < 1.29 is 19.4 Å². The summed E-state index contributed by atoms with van der Waals surface area (Å²) in [5.41, 5.74) is 0. The van der Waals surface area contributed by atoms with E-state index in [0.29, 0.717) is 6.42 Å². The lowest BCUT2D eigenvalue weighted by Crippen LogP contribution is -2.18. The number of carboxylic acids is 1. The summed E-state index contributed by atoms with van der Waals surface area (Å²) in [5.74, 6) is -0.704. The molecule has 0 radical (unpaired) electrons. The van der Waals surface area contributed by atoms with E-state index in [2.05, 4.69) is 26.0 Å². The molecule has 4 heteroatoms. The molecule has 0 aromatic heterocycles. The topological polar surface area (TPSA) is 63.6 Å². The number of unbranched alkanes of at least 4 members (excludes halogenated alkanes) is 23. The molecule has 0 aliphatic rings. The van der Waals surface area contributed by atoms with Crippen molar-refractivity contribution in [1.82, 2.24) is 0 Å². The first kappa shape index (κ1) is 40.7. The summed E-state index contributed by atoms with van der Waals surface area (Å²) in [4.78, 5) is 23.3. The minimum absolute atomic E-state index is 0.00462. The van der Waals surface area contributed by atoms with Crippen molar-refractivity contribution in [1.29, 1.82) is 0 Å². The third-order valence-corrected chi connectivity index (χ3v) is 8.49. The lowest BCUT2D eigenvalue weighted by molar-refractivity contribution is -0.150. The minimum Gasteiger partial charge on any atom is -0.481 e. The summed E-state index contributed by atoms with van der Waals surface area (Å²) in [6.07, 6.45) is 40.8. The molecule has 0 amide bonds. The Morgan fingerprint density at radius 2 is 0.857 bits per heavy atom. The number of carboxylic acid groups (broad SMARTS) is 1. The molecule has 0 aromatic rings. The van der Waals surface area contributed by atoms with Crippen LogP contribution in [0.5, 0.6) is 0 Å². The molecule has 0 rings (SSSR count). The van der Waals surface area contributed by atoms with Crippen molar-refractivity contribution in [2.75, 3.05) is 0 Å². The van der Waals surface area contributed by atoms with Gasteiger partial charge in [0, 0.05) is 12.8 Å². The summed E-state index contributed by atoms with van der Waals surface area (Å²) in [5, 5.41) is 8.79. The standard InChI is InChI=1S/C38H72O4/c1-3-5-7-9-11-13-14-15-16-17-18-20-22-27-31-35-38(41)42-36(33-29-25-23-26-30-34-37(39)40)32-28-24-21-19-12-10-8-6-4-2/h15-16,36H,3-14,17-35H2,1-2H3,(H,39,40)/b16-15-. The SMILES string of the molecule is CCCCCCCC/C=C\CCCCCCCC(=O)OC(CCCCCCCCCCC)CCCCCCCC(=O)O. The van der Waals surface area contributed by atoms with Crippen LogP contribution in [0.1, 0.15) is 213 Å². The number of allylic oxidation sites excluding steroid dienone is 2. The number of carbonyl (C=O) groups excluding carboxylic acids is 1. The monoisotopic (exact) mass is 593 g/mol. The third-order valence-electron chi connectivity index (χ3n) is 8.49. The second-order valence-electron chi connectivity index (χ2n) is 12.8. The van der Waals surface area contributed by atoms with E-state index < -0.39 is 5.97 Å². The van der Waals surface area contributed by atoms with Crippen molar-refractivity contribution in [2.45, 2.75) is 219 Å². The third kappa shape index (κ3) is 33.2. The minimum atomic E-state index is -0.700. The first-order chi connectivity index (χ1) is 20.6. The predicted octanol–water partition coefficient (Wildman–Crippen LogP) is 12.7. The molecule has 1 unspecified atom stereocenters. The largest absolute Gasteiger partial charge is 0.481 e. The molecule has 4 nitrogen and oxygen atoms in total. The van der Waals surface area contributed by atoms with Crippen LogP contribution in [-0.4, -0.2) is 23.1 Å². The van der Waals surface area contributed by atoms with Crippen molar-refractivity contribution in [3.05, 3.63) is 12.2 Å². The Kier molecular flexibility index (Phi) is 33.1. The van der Waals surface area contributed by atoms with Gasteiger partial charge >= 0.3 is 11.9 Å². The van der Waals surface area contributed by atoms with Gasteiger partial charge in [-0.05, 0) is 64.2 Å². The van der Waals surface area contributed by atoms with Crippen LogP contribution in [-0.2, 0) is 14.3 Å².